The summed E-state index contributed by atoms with van der Waals surface area (Å²) in [6.45, 7) is 11.3. The van der Waals surface area contributed by atoms with Gasteiger partial charge in [0.25, 0.3) is 0 Å². The number of aliphatic hydroxyl groups is 1. The van der Waals surface area contributed by atoms with Gasteiger partial charge in [0.2, 0.25) is 0 Å². The van der Waals surface area contributed by atoms with Gasteiger partial charge < -0.3 is 20.5 Å². The number of nitrogens with one attached hydrogen (secondary N) is 2. The lowest BCUT2D eigenvalue weighted by Gasteiger charge is -2.25. The molecule has 0 amide bonds. The second-order valence-corrected chi connectivity index (χ2v) is 6.27. The highest BCUT2D eigenvalue weighted by Crippen LogP contribution is 2.23. The molecular formula is C14H30IN3O2. The Hall–Kier alpha value is -0.0800. The van der Waals surface area contributed by atoms with Gasteiger partial charge in [-0.05, 0) is 26.7 Å². The van der Waals surface area contributed by atoms with Crippen LogP contribution < -0.4 is 10.6 Å². The van der Waals surface area contributed by atoms with E-state index in [-0.39, 0.29) is 41.6 Å². The molecule has 0 saturated carbocycles. The van der Waals surface area contributed by atoms with Crippen LogP contribution in [-0.4, -0.2) is 49.5 Å². The molecule has 0 aliphatic carbocycles. The second-order valence-electron chi connectivity index (χ2n) is 6.27. The molecule has 0 radical (unpaired) electrons. The van der Waals surface area contributed by atoms with E-state index in [0.717, 1.165) is 38.5 Å². The minimum atomic E-state index is -0.184. The molecule has 1 unspecified atom stereocenters. The molecule has 1 aliphatic heterocycles. The van der Waals surface area contributed by atoms with E-state index >= 15 is 0 Å². The molecule has 1 atom stereocenters. The topological polar surface area (TPSA) is 65.9 Å². The van der Waals surface area contributed by atoms with E-state index in [2.05, 4.69) is 22.5 Å². The number of hydrogen-bond donors (Lipinski definition) is 3. The maximum Gasteiger partial charge on any atom is 0.191 e. The fourth-order valence-corrected chi connectivity index (χ4v) is 1.93. The maximum atomic E-state index is 9.25. The molecule has 1 heterocycles. The molecule has 1 aliphatic rings. The summed E-state index contributed by atoms with van der Waals surface area (Å²) >= 11 is 0. The van der Waals surface area contributed by atoms with Gasteiger partial charge in [0.1, 0.15) is 0 Å². The van der Waals surface area contributed by atoms with Crippen molar-refractivity contribution in [2.24, 2.45) is 10.4 Å². The molecule has 20 heavy (non-hydrogen) atoms. The average molecular weight is 399 g/mol. The number of nitrogens with zero attached hydrogens (tertiary/aromatic N) is 1. The number of guanidine groups is 1. The second kappa shape index (κ2) is 9.04. The molecule has 1 saturated heterocycles. The Kier molecular flexibility index (Phi) is 9.01. The van der Waals surface area contributed by atoms with Gasteiger partial charge in [-0.1, -0.05) is 13.8 Å². The van der Waals surface area contributed by atoms with Crippen LogP contribution in [0, 0.1) is 5.41 Å². The third kappa shape index (κ3) is 7.08. The van der Waals surface area contributed by atoms with E-state index < -0.39 is 0 Å². The van der Waals surface area contributed by atoms with Gasteiger partial charge in [0, 0.05) is 31.7 Å². The minimum absolute atomic E-state index is 0. The van der Waals surface area contributed by atoms with Gasteiger partial charge >= 0.3 is 0 Å². The third-order valence-corrected chi connectivity index (χ3v) is 3.37. The molecule has 6 heteroatoms. The first-order chi connectivity index (χ1) is 8.91. The first kappa shape index (κ1) is 19.9. The van der Waals surface area contributed by atoms with Gasteiger partial charge in [-0.15, -0.1) is 24.0 Å². The van der Waals surface area contributed by atoms with Gasteiger partial charge in [-0.3, -0.25) is 4.99 Å². The minimum Gasteiger partial charge on any atom is -0.396 e. The van der Waals surface area contributed by atoms with Crippen molar-refractivity contribution in [3.8, 4) is 0 Å². The van der Waals surface area contributed by atoms with Crippen LogP contribution in [0.3, 0.4) is 0 Å². The lowest BCUT2D eigenvalue weighted by molar-refractivity contribution is 0.0242. The Bertz CT molecular complexity index is 303. The van der Waals surface area contributed by atoms with Gasteiger partial charge in [0.05, 0.1) is 12.1 Å². The summed E-state index contributed by atoms with van der Waals surface area (Å²) in [5.41, 5.74) is -0.265. The predicted octanol–water partition coefficient (Wildman–Crippen LogP) is 1.75. The normalized spacial score (nSPS) is 23.4. The van der Waals surface area contributed by atoms with E-state index in [1.54, 1.807) is 0 Å². The van der Waals surface area contributed by atoms with Crippen molar-refractivity contribution >= 4 is 29.9 Å². The quantitative estimate of drug-likeness (QED) is 0.362. The summed E-state index contributed by atoms with van der Waals surface area (Å²) < 4.78 is 5.75. The van der Waals surface area contributed by atoms with Crippen molar-refractivity contribution in [2.45, 2.75) is 46.1 Å². The maximum absolute atomic E-state index is 9.25. The van der Waals surface area contributed by atoms with E-state index in [0.29, 0.717) is 6.54 Å². The van der Waals surface area contributed by atoms with Crippen LogP contribution in [0.2, 0.25) is 0 Å². The van der Waals surface area contributed by atoms with Crippen LogP contribution in [-0.2, 0) is 4.74 Å². The lowest BCUT2D eigenvalue weighted by Crippen LogP contribution is -2.46. The van der Waals surface area contributed by atoms with Gasteiger partial charge in [-0.2, -0.15) is 0 Å². The Morgan fingerprint density at radius 3 is 2.60 bits per heavy atom. The van der Waals surface area contributed by atoms with Gasteiger partial charge in [0.15, 0.2) is 5.96 Å². The molecule has 1 rings (SSSR count). The van der Waals surface area contributed by atoms with Crippen molar-refractivity contribution in [3.05, 3.63) is 0 Å². The summed E-state index contributed by atoms with van der Waals surface area (Å²) in [5, 5.41) is 15.8. The van der Waals surface area contributed by atoms with Crippen LogP contribution in [0.5, 0.6) is 0 Å². The summed E-state index contributed by atoms with van der Waals surface area (Å²) in [7, 11) is 0. The zero-order chi connectivity index (χ0) is 14.4. The molecule has 120 valence electrons. The number of aliphatic imine (C=N–C) groups is 1. The van der Waals surface area contributed by atoms with Crippen molar-refractivity contribution in [2.75, 3.05) is 32.8 Å². The zero-order valence-electron chi connectivity index (χ0n) is 13.2. The summed E-state index contributed by atoms with van der Waals surface area (Å²) in [5.74, 6) is 0.792. The van der Waals surface area contributed by atoms with Crippen molar-refractivity contribution in [3.63, 3.8) is 0 Å². The van der Waals surface area contributed by atoms with Crippen LogP contribution in [0.4, 0.5) is 0 Å². The molecule has 1 fully saturated rings. The molecule has 0 spiro atoms. The van der Waals surface area contributed by atoms with E-state index in [1.165, 1.54) is 0 Å². The Balaban J connectivity index is 0.00000361. The number of rotatable bonds is 6. The number of hydrogen-bond acceptors (Lipinski definition) is 3. The third-order valence-electron chi connectivity index (χ3n) is 3.37. The molecule has 0 aromatic carbocycles. The predicted molar refractivity (Wildman–Crippen MR) is 93.9 cm³/mol. The highest BCUT2D eigenvalue weighted by molar-refractivity contribution is 14.0. The first-order valence-electron chi connectivity index (χ1n) is 7.18. The molecule has 5 nitrogen and oxygen atoms in total. The SMILES string of the molecule is CCNC(=NCC(C)(C)CO)NCC1(C)CCCO1.I. The highest BCUT2D eigenvalue weighted by Gasteiger charge is 2.29. The van der Waals surface area contributed by atoms with E-state index in [9.17, 15) is 5.11 Å². The fraction of sp³-hybridized carbons (Fsp3) is 0.929. The van der Waals surface area contributed by atoms with Crippen LogP contribution in [0.25, 0.3) is 0 Å². The van der Waals surface area contributed by atoms with Crippen molar-refractivity contribution < 1.29 is 9.84 Å². The summed E-state index contributed by atoms with van der Waals surface area (Å²) in [4.78, 5) is 4.53. The molecule has 0 aromatic heterocycles. The summed E-state index contributed by atoms with van der Waals surface area (Å²) in [6, 6.07) is 0. The van der Waals surface area contributed by atoms with Crippen LogP contribution >= 0.6 is 24.0 Å². The Morgan fingerprint density at radius 1 is 1.40 bits per heavy atom. The van der Waals surface area contributed by atoms with Gasteiger partial charge in [-0.25, -0.2) is 0 Å². The van der Waals surface area contributed by atoms with Crippen molar-refractivity contribution in [1.29, 1.82) is 0 Å². The molecule has 0 bridgehead atoms. The Morgan fingerprint density at radius 2 is 2.10 bits per heavy atom. The molecule has 0 aromatic rings. The van der Waals surface area contributed by atoms with Crippen LogP contribution in [0.1, 0.15) is 40.5 Å². The number of aliphatic hydroxyl groups excluding tert-OH is 1. The Labute approximate surface area is 140 Å². The summed E-state index contributed by atoms with van der Waals surface area (Å²) in [6.07, 6.45) is 2.21. The molecule has 3 N–H and O–H groups in total. The van der Waals surface area contributed by atoms with E-state index in [4.69, 9.17) is 4.74 Å². The highest BCUT2D eigenvalue weighted by atomic mass is 127. The largest absolute Gasteiger partial charge is 0.396 e. The average Bonchev–Trinajstić information content (AvgIpc) is 2.80. The van der Waals surface area contributed by atoms with Crippen LogP contribution in [0.15, 0.2) is 4.99 Å². The number of ether oxygens (including phenoxy) is 1. The zero-order valence-corrected chi connectivity index (χ0v) is 15.5. The smallest absolute Gasteiger partial charge is 0.191 e. The lowest BCUT2D eigenvalue weighted by atomic mass is 9.95. The first-order valence-corrected chi connectivity index (χ1v) is 7.18. The number of halogens is 1. The molecular weight excluding hydrogens is 369 g/mol. The monoisotopic (exact) mass is 399 g/mol. The van der Waals surface area contributed by atoms with Crippen molar-refractivity contribution in [1.82, 2.24) is 10.6 Å². The van der Waals surface area contributed by atoms with E-state index in [1.807, 2.05) is 20.8 Å². The fourth-order valence-electron chi connectivity index (χ4n) is 1.93. The standard InChI is InChI=1S/C14H29N3O2.HI/c1-5-15-12(16-9-13(2,3)11-18)17-10-14(4)7-6-8-19-14;/h18H,5-11H2,1-4H3,(H2,15,16,17);1H.